The standard InChI is InChI=1S/C38H40ClNO2/c1-6-7-36(41)31-14-10-28(11-15-31)25-35(30-12-8-27(9-13-30)22-23-38(3,4)5)37(42)40-33-19-16-29(17-20-33)34-21-18-32(39)24-26(34)2/h8-24,35H,6-7,25H2,1-5H3,(H,40,42)/b23-22+/t35-/m0/s1. The fourth-order valence-corrected chi connectivity index (χ4v) is 5.12. The van der Waals surface area contributed by atoms with Crippen molar-refractivity contribution in [3.05, 3.63) is 130 Å². The van der Waals surface area contributed by atoms with Gasteiger partial charge >= 0.3 is 0 Å². The van der Waals surface area contributed by atoms with E-state index in [4.69, 9.17) is 11.6 Å². The van der Waals surface area contributed by atoms with Gasteiger partial charge in [-0.2, -0.15) is 0 Å². The molecule has 0 unspecified atom stereocenters. The van der Waals surface area contributed by atoms with E-state index in [2.05, 4.69) is 50.4 Å². The molecule has 0 aliphatic rings. The van der Waals surface area contributed by atoms with E-state index in [1.807, 2.05) is 92.7 Å². The zero-order chi connectivity index (χ0) is 30.3. The normalized spacial score (nSPS) is 12.3. The molecule has 3 nitrogen and oxygen atoms in total. The maximum atomic E-state index is 13.8. The molecule has 216 valence electrons. The Labute approximate surface area is 255 Å². The summed E-state index contributed by atoms with van der Waals surface area (Å²) in [5, 5.41) is 3.86. The maximum absolute atomic E-state index is 13.8. The van der Waals surface area contributed by atoms with Crippen molar-refractivity contribution >= 4 is 35.1 Å². The fraction of sp³-hybridized carbons (Fsp3) is 0.263. The van der Waals surface area contributed by atoms with Crippen LogP contribution in [0.25, 0.3) is 17.2 Å². The lowest BCUT2D eigenvalue weighted by Gasteiger charge is -2.19. The fourth-order valence-electron chi connectivity index (χ4n) is 4.89. The molecule has 0 fully saturated rings. The number of anilines is 1. The number of allylic oxidation sites excluding steroid dienone is 1. The summed E-state index contributed by atoms with van der Waals surface area (Å²) in [4.78, 5) is 26.1. The van der Waals surface area contributed by atoms with Gasteiger partial charge < -0.3 is 5.32 Å². The molecule has 0 bridgehead atoms. The molecule has 0 aliphatic carbocycles. The summed E-state index contributed by atoms with van der Waals surface area (Å²) in [7, 11) is 0. The largest absolute Gasteiger partial charge is 0.326 e. The smallest absolute Gasteiger partial charge is 0.232 e. The Hall–Kier alpha value is -3.95. The number of nitrogens with one attached hydrogen (secondary N) is 1. The van der Waals surface area contributed by atoms with E-state index >= 15 is 0 Å². The highest BCUT2D eigenvalue weighted by Crippen LogP contribution is 2.29. The molecule has 4 heteroatoms. The van der Waals surface area contributed by atoms with Crippen LogP contribution in [0.4, 0.5) is 5.69 Å². The quantitative estimate of drug-likeness (QED) is 0.190. The van der Waals surface area contributed by atoms with E-state index < -0.39 is 5.92 Å². The van der Waals surface area contributed by atoms with Crippen molar-refractivity contribution in [3.63, 3.8) is 0 Å². The van der Waals surface area contributed by atoms with E-state index in [-0.39, 0.29) is 17.1 Å². The van der Waals surface area contributed by atoms with Crippen LogP contribution in [-0.4, -0.2) is 11.7 Å². The number of amides is 1. The first-order valence-corrected chi connectivity index (χ1v) is 15.0. The van der Waals surface area contributed by atoms with Crippen LogP contribution >= 0.6 is 11.6 Å². The summed E-state index contributed by atoms with van der Waals surface area (Å²) < 4.78 is 0. The number of halogens is 1. The number of rotatable bonds is 10. The molecule has 1 amide bonds. The molecule has 1 atom stereocenters. The van der Waals surface area contributed by atoms with Crippen LogP contribution in [0, 0.1) is 12.3 Å². The number of benzene rings is 4. The Morgan fingerprint density at radius 2 is 1.55 bits per heavy atom. The molecule has 0 aromatic heterocycles. The number of aryl methyl sites for hydroxylation is 1. The third-order valence-corrected chi connectivity index (χ3v) is 7.51. The van der Waals surface area contributed by atoms with Crippen molar-refractivity contribution < 1.29 is 9.59 Å². The molecule has 0 heterocycles. The molecule has 0 radical (unpaired) electrons. The molecule has 4 aromatic rings. The highest BCUT2D eigenvalue weighted by molar-refractivity contribution is 6.30. The summed E-state index contributed by atoms with van der Waals surface area (Å²) in [5.41, 5.74) is 7.87. The van der Waals surface area contributed by atoms with Gasteiger partial charge in [-0.05, 0) is 82.8 Å². The third kappa shape index (κ3) is 8.53. The summed E-state index contributed by atoms with van der Waals surface area (Å²) in [6.07, 6.45) is 6.19. The number of carbonyl (C=O) groups excluding carboxylic acids is 2. The molecular weight excluding hydrogens is 538 g/mol. The Kier molecular flexibility index (Phi) is 10.2. The Bertz CT molecular complexity index is 1540. The topological polar surface area (TPSA) is 46.2 Å². The molecule has 0 spiro atoms. The Morgan fingerprint density at radius 3 is 2.14 bits per heavy atom. The van der Waals surface area contributed by atoms with E-state index in [9.17, 15) is 9.59 Å². The van der Waals surface area contributed by atoms with Crippen molar-refractivity contribution in [2.45, 2.75) is 59.8 Å². The van der Waals surface area contributed by atoms with Gasteiger partial charge in [0, 0.05) is 22.7 Å². The second-order valence-electron chi connectivity index (χ2n) is 12.0. The van der Waals surface area contributed by atoms with Crippen LogP contribution in [0.5, 0.6) is 0 Å². The lowest BCUT2D eigenvalue weighted by Crippen LogP contribution is -2.23. The number of hydrogen-bond acceptors (Lipinski definition) is 2. The van der Waals surface area contributed by atoms with Gasteiger partial charge in [-0.25, -0.2) is 0 Å². The molecule has 0 saturated heterocycles. The van der Waals surface area contributed by atoms with Gasteiger partial charge in [0.1, 0.15) is 0 Å². The third-order valence-electron chi connectivity index (χ3n) is 7.28. The number of hydrogen-bond donors (Lipinski definition) is 1. The van der Waals surface area contributed by atoms with Crippen LogP contribution in [-0.2, 0) is 11.2 Å². The van der Waals surface area contributed by atoms with Gasteiger partial charge in [-0.15, -0.1) is 0 Å². The number of ketones is 1. The molecule has 1 N–H and O–H groups in total. The average Bonchev–Trinajstić information content (AvgIpc) is 2.96. The lowest BCUT2D eigenvalue weighted by molar-refractivity contribution is -0.117. The summed E-state index contributed by atoms with van der Waals surface area (Å²) >= 11 is 6.14. The molecule has 42 heavy (non-hydrogen) atoms. The molecule has 0 saturated carbocycles. The second kappa shape index (κ2) is 13.8. The zero-order valence-electron chi connectivity index (χ0n) is 25.2. The second-order valence-corrected chi connectivity index (χ2v) is 12.5. The maximum Gasteiger partial charge on any atom is 0.232 e. The highest BCUT2D eigenvalue weighted by Gasteiger charge is 2.22. The summed E-state index contributed by atoms with van der Waals surface area (Å²) in [6.45, 7) is 10.6. The van der Waals surface area contributed by atoms with Crippen molar-refractivity contribution in [3.8, 4) is 11.1 Å². The predicted molar refractivity (Wildman–Crippen MR) is 177 cm³/mol. The Balaban J connectivity index is 1.57. The van der Waals surface area contributed by atoms with Crippen LogP contribution in [0.1, 0.15) is 79.1 Å². The van der Waals surface area contributed by atoms with E-state index in [0.29, 0.717) is 23.4 Å². The lowest BCUT2D eigenvalue weighted by atomic mass is 9.89. The summed E-state index contributed by atoms with van der Waals surface area (Å²) in [5.74, 6) is -0.329. The minimum absolute atomic E-state index is 0.0745. The van der Waals surface area contributed by atoms with Crippen molar-refractivity contribution in [2.75, 3.05) is 5.32 Å². The monoisotopic (exact) mass is 577 g/mol. The van der Waals surface area contributed by atoms with E-state index in [1.54, 1.807) is 0 Å². The predicted octanol–water partition coefficient (Wildman–Crippen LogP) is 10.3. The van der Waals surface area contributed by atoms with Crippen LogP contribution in [0.15, 0.2) is 97.1 Å². The van der Waals surface area contributed by atoms with E-state index in [1.165, 1.54) is 0 Å². The van der Waals surface area contributed by atoms with Crippen LogP contribution in [0.3, 0.4) is 0 Å². The molecular formula is C38H40ClNO2. The molecule has 4 aromatic carbocycles. The average molecular weight is 578 g/mol. The zero-order valence-corrected chi connectivity index (χ0v) is 26.0. The van der Waals surface area contributed by atoms with Gasteiger partial charge in [-0.3, -0.25) is 9.59 Å². The number of carbonyl (C=O) groups is 2. The number of Topliss-reactive ketones (excluding diaryl/α,β-unsaturated/α-hetero) is 1. The van der Waals surface area contributed by atoms with E-state index in [0.717, 1.165) is 45.5 Å². The van der Waals surface area contributed by atoms with Crippen molar-refractivity contribution in [1.29, 1.82) is 0 Å². The van der Waals surface area contributed by atoms with Crippen molar-refractivity contribution in [2.24, 2.45) is 5.41 Å². The minimum atomic E-state index is -0.402. The molecule has 4 rings (SSSR count). The van der Waals surface area contributed by atoms with Gasteiger partial charge in [0.15, 0.2) is 5.78 Å². The first kappa shape index (κ1) is 31.0. The van der Waals surface area contributed by atoms with Gasteiger partial charge in [-0.1, -0.05) is 118 Å². The van der Waals surface area contributed by atoms with Crippen LogP contribution in [0.2, 0.25) is 5.02 Å². The van der Waals surface area contributed by atoms with Crippen LogP contribution < -0.4 is 5.32 Å². The minimum Gasteiger partial charge on any atom is -0.326 e. The van der Waals surface area contributed by atoms with Gasteiger partial charge in [0.25, 0.3) is 0 Å². The highest BCUT2D eigenvalue weighted by atomic mass is 35.5. The van der Waals surface area contributed by atoms with Gasteiger partial charge in [0.05, 0.1) is 5.92 Å². The first-order chi connectivity index (χ1) is 20.0. The first-order valence-electron chi connectivity index (χ1n) is 14.6. The van der Waals surface area contributed by atoms with Crippen molar-refractivity contribution in [1.82, 2.24) is 0 Å². The summed E-state index contributed by atoms with van der Waals surface area (Å²) in [6, 6.07) is 29.7. The Morgan fingerprint density at radius 1 is 0.881 bits per heavy atom. The molecule has 0 aliphatic heterocycles. The van der Waals surface area contributed by atoms with Gasteiger partial charge in [0.2, 0.25) is 5.91 Å². The SMILES string of the molecule is CCCC(=O)c1ccc(C[C@H](C(=O)Nc2ccc(-c3ccc(Cl)cc3C)cc2)c2ccc(/C=C/C(C)(C)C)cc2)cc1.